The van der Waals surface area contributed by atoms with Gasteiger partial charge in [0.2, 0.25) is 15.9 Å². The first kappa shape index (κ1) is 23.1. The number of nitrogens with zero attached hydrogens (tertiary/aromatic N) is 1. The number of carbonyl (C=O) groups is 1. The van der Waals surface area contributed by atoms with Crippen LogP contribution >= 0.6 is 12.4 Å². The lowest BCUT2D eigenvalue weighted by molar-refractivity contribution is -0.124. The van der Waals surface area contributed by atoms with Crippen LogP contribution in [0.4, 0.5) is 0 Å². The summed E-state index contributed by atoms with van der Waals surface area (Å²) in [5.41, 5.74) is 6.81. The van der Waals surface area contributed by atoms with Crippen molar-refractivity contribution in [3.63, 3.8) is 0 Å². The van der Waals surface area contributed by atoms with Crippen molar-refractivity contribution >= 4 is 28.3 Å². The Morgan fingerprint density at radius 3 is 2.21 bits per heavy atom. The molecule has 1 saturated carbocycles. The molecule has 1 aliphatic carbocycles. The van der Waals surface area contributed by atoms with Crippen LogP contribution in [-0.4, -0.2) is 38.3 Å². The zero-order chi connectivity index (χ0) is 19.3. The lowest BCUT2D eigenvalue weighted by Gasteiger charge is -2.35. The fraction of sp³-hybridized carbons (Fsp3) is 0.650. The number of hydrogen-bond donors (Lipinski definition) is 2. The Bertz CT molecular complexity index is 740. The van der Waals surface area contributed by atoms with Crippen LogP contribution in [0.15, 0.2) is 29.2 Å². The molecule has 1 saturated heterocycles. The predicted molar refractivity (Wildman–Crippen MR) is 113 cm³/mol. The molecular formula is C20H32ClN3O3S. The van der Waals surface area contributed by atoms with Crippen LogP contribution < -0.4 is 11.1 Å². The highest BCUT2D eigenvalue weighted by Gasteiger charge is 2.33. The van der Waals surface area contributed by atoms with Gasteiger partial charge in [0, 0.05) is 26.1 Å². The molecule has 1 aliphatic heterocycles. The molecule has 0 aromatic heterocycles. The fourth-order valence-corrected chi connectivity index (χ4v) is 5.73. The lowest BCUT2D eigenvalue weighted by atomic mass is 9.71. The molecule has 0 radical (unpaired) electrons. The zero-order valence-corrected chi connectivity index (χ0v) is 18.0. The number of halogens is 1. The molecule has 3 rings (SSSR count). The standard InChI is InChI=1S/C20H31N3O3S.ClH/c21-16-20(10-2-1-3-11-20)14-19(24)22-15-17-6-8-18(9-7-17)27(25,26)23-12-4-5-13-23;/h6-9H,1-5,10-16,21H2,(H,22,24);1H. The van der Waals surface area contributed by atoms with Gasteiger partial charge < -0.3 is 11.1 Å². The lowest BCUT2D eigenvalue weighted by Crippen LogP contribution is -2.38. The van der Waals surface area contributed by atoms with E-state index in [-0.39, 0.29) is 23.7 Å². The van der Waals surface area contributed by atoms with Crippen molar-refractivity contribution in [1.29, 1.82) is 0 Å². The molecule has 6 nitrogen and oxygen atoms in total. The quantitative estimate of drug-likeness (QED) is 0.696. The van der Waals surface area contributed by atoms with Gasteiger partial charge in [0.25, 0.3) is 0 Å². The highest BCUT2D eigenvalue weighted by atomic mass is 35.5. The molecule has 2 fully saturated rings. The molecule has 1 amide bonds. The summed E-state index contributed by atoms with van der Waals surface area (Å²) in [5, 5.41) is 2.96. The maximum Gasteiger partial charge on any atom is 0.243 e. The van der Waals surface area contributed by atoms with E-state index in [2.05, 4.69) is 5.32 Å². The summed E-state index contributed by atoms with van der Waals surface area (Å²) in [6, 6.07) is 6.83. The van der Waals surface area contributed by atoms with Crippen LogP contribution in [0.2, 0.25) is 0 Å². The van der Waals surface area contributed by atoms with Crippen molar-refractivity contribution in [1.82, 2.24) is 9.62 Å². The van der Waals surface area contributed by atoms with E-state index >= 15 is 0 Å². The number of nitrogens with one attached hydrogen (secondary N) is 1. The molecular weight excluding hydrogens is 398 g/mol. The average Bonchev–Trinajstić information content (AvgIpc) is 3.23. The van der Waals surface area contributed by atoms with Crippen molar-refractivity contribution in [3.05, 3.63) is 29.8 Å². The molecule has 1 aromatic rings. The van der Waals surface area contributed by atoms with E-state index in [0.29, 0.717) is 37.5 Å². The van der Waals surface area contributed by atoms with Gasteiger partial charge in [0.05, 0.1) is 4.90 Å². The second kappa shape index (κ2) is 10.1. The van der Waals surface area contributed by atoms with Crippen LogP contribution in [0.1, 0.15) is 56.9 Å². The molecule has 0 bridgehead atoms. The van der Waals surface area contributed by atoms with E-state index in [9.17, 15) is 13.2 Å². The van der Waals surface area contributed by atoms with Crippen LogP contribution in [0.5, 0.6) is 0 Å². The SMILES string of the molecule is Cl.NCC1(CC(=O)NCc2ccc(S(=O)(=O)N3CCCC3)cc2)CCCCC1. The van der Waals surface area contributed by atoms with Gasteiger partial charge >= 0.3 is 0 Å². The van der Waals surface area contributed by atoms with Gasteiger partial charge in [-0.2, -0.15) is 4.31 Å². The number of sulfonamides is 1. The van der Waals surface area contributed by atoms with Crippen molar-refractivity contribution in [3.8, 4) is 0 Å². The molecule has 3 N–H and O–H groups in total. The van der Waals surface area contributed by atoms with Crippen molar-refractivity contribution in [2.75, 3.05) is 19.6 Å². The number of benzene rings is 1. The Kier molecular flexibility index (Phi) is 8.30. The molecule has 158 valence electrons. The van der Waals surface area contributed by atoms with E-state index in [4.69, 9.17) is 5.73 Å². The second-order valence-electron chi connectivity index (χ2n) is 7.97. The van der Waals surface area contributed by atoms with E-state index in [1.54, 1.807) is 28.6 Å². The van der Waals surface area contributed by atoms with Crippen molar-refractivity contribution in [2.24, 2.45) is 11.1 Å². The third kappa shape index (κ3) is 5.47. The number of hydrogen-bond acceptors (Lipinski definition) is 4. The average molecular weight is 430 g/mol. The van der Waals surface area contributed by atoms with E-state index in [1.807, 2.05) is 0 Å². The summed E-state index contributed by atoms with van der Waals surface area (Å²) >= 11 is 0. The minimum absolute atomic E-state index is 0. The summed E-state index contributed by atoms with van der Waals surface area (Å²) in [5.74, 6) is 0.0242. The number of amides is 1. The fourth-order valence-electron chi connectivity index (χ4n) is 4.22. The summed E-state index contributed by atoms with van der Waals surface area (Å²) in [4.78, 5) is 12.7. The van der Waals surface area contributed by atoms with Gasteiger partial charge in [-0.15, -0.1) is 12.4 Å². The smallest absolute Gasteiger partial charge is 0.243 e. The largest absolute Gasteiger partial charge is 0.352 e. The summed E-state index contributed by atoms with van der Waals surface area (Å²) in [6.07, 6.45) is 7.91. The normalized spacial score (nSPS) is 19.8. The molecule has 1 aromatic carbocycles. The first-order valence-corrected chi connectivity index (χ1v) is 11.5. The minimum atomic E-state index is -3.39. The predicted octanol–water partition coefficient (Wildman–Crippen LogP) is 2.81. The molecule has 2 aliphatic rings. The minimum Gasteiger partial charge on any atom is -0.352 e. The third-order valence-corrected chi connectivity index (χ3v) is 7.91. The topological polar surface area (TPSA) is 92.5 Å². The molecule has 28 heavy (non-hydrogen) atoms. The maximum atomic E-state index is 12.5. The van der Waals surface area contributed by atoms with E-state index in [0.717, 1.165) is 44.1 Å². The highest BCUT2D eigenvalue weighted by molar-refractivity contribution is 7.89. The Balaban J connectivity index is 0.00000280. The first-order chi connectivity index (χ1) is 13.0. The van der Waals surface area contributed by atoms with Crippen LogP contribution in [0, 0.1) is 5.41 Å². The van der Waals surface area contributed by atoms with Crippen LogP contribution in [0.25, 0.3) is 0 Å². The Hall–Kier alpha value is -1.15. The first-order valence-electron chi connectivity index (χ1n) is 10.0. The highest BCUT2D eigenvalue weighted by Crippen LogP contribution is 2.38. The summed E-state index contributed by atoms with van der Waals surface area (Å²) in [6.45, 7) is 2.17. The van der Waals surface area contributed by atoms with Gasteiger partial charge in [-0.1, -0.05) is 31.4 Å². The molecule has 0 atom stereocenters. The molecule has 1 heterocycles. The van der Waals surface area contributed by atoms with E-state index < -0.39 is 10.0 Å². The monoisotopic (exact) mass is 429 g/mol. The maximum absolute atomic E-state index is 12.5. The van der Waals surface area contributed by atoms with Crippen LogP contribution in [-0.2, 0) is 21.4 Å². The van der Waals surface area contributed by atoms with Crippen molar-refractivity contribution in [2.45, 2.75) is 62.8 Å². The Morgan fingerprint density at radius 1 is 1.04 bits per heavy atom. The van der Waals surface area contributed by atoms with Crippen molar-refractivity contribution < 1.29 is 13.2 Å². The summed E-state index contributed by atoms with van der Waals surface area (Å²) in [7, 11) is -3.39. The van der Waals surface area contributed by atoms with Crippen LogP contribution in [0.3, 0.4) is 0 Å². The summed E-state index contributed by atoms with van der Waals surface area (Å²) < 4.78 is 26.6. The Morgan fingerprint density at radius 2 is 1.64 bits per heavy atom. The van der Waals surface area contributed by atoms with Gasteiger partial charge in [-0.3, -0.25) is 4.79 Å². The number of nitrogens with two attached hydrogens (primary N) is 1. The van der Waals surface area contributed by atoms with Gasteiger partial charge in [0.15, 0.2) is 0 Å². The van der Waals surface area contributed by atoms with Gasteiger partial charge in [-0.25, -0.2) is 8.42 Å². The molecule has 0 spiro atoms. The van der Waals surface area contributed by atoms with E-state index in [1.165, 1.54) is 6.42 Å². The van der Waals surface area contributed by atoms with Gasteiger partial charge in [0.1, 0.15) is 0 Å². The second-order valence-corrected chi connectivity index (χ2v) is 9.91. The molecule has 8 heteroatoms. The molecule has 0 unspecified atom stereocenters. The number of carbonyl (C=O) groups excluding carboxylic acids is 1. The zero-order valence-electron chi connectivity index (χ0n) is 16.4. The Labute approximate surface area is 174 Å². The van der Waals surface area contributed by atoms with Gasteiger partial charge in [-0.05, 0) is 55.3 Å². The number of rotatable bonds is 7. The third-order valence-electron chi connectivity index (χ3n) is 6.00.